The van der Waals surface area contributed by atoms with Gasteiger partial charge >= 0.3 is 6.03 Å². The molecule has 9 N–H and O–H groups in total. The van der Waals surface area contributed by atoms with Crippen molar-refractivity contribution in [1.29, 1.82) is 0 Å². The van der Waals surface area contributed by atoms with Crippen molar-refractivity contribution in [2.45, 2.75) is 97.8 Å². The van der Waals surface area contributed by atoms with Crippen LogP contribution in [0.15, 0.2) is 85.1 Å². The molecule has 0 aliphatic carbocycles. The summed E-state index contributed by atoms with van der Waals surface area (Å²) >= 11 is 0. The number of ketones is 1. The molecule has 20 heteroatoms. The van der Waals surface area contributed by atoms with Crippen LogP contribution in [-0.2, 0) is 40.1 Å². The molecule has 1 unspecified atom stereocenters. The smallest absolute Gasteiger partial charge is 0.312 e. The number of Topliss-reactive ketones (excluding diaryl/α,β-unsaturated/α-hetero) is 1. The first-order valence-corrected chi connectivity index (χ1v) is 23.8. The number of anilines is 2. The molecule has 386 valence electrons. The largest absolute Gasteiger partial charge is 0.387 e. The highest BCUT2D eigenvalue weighted by atomic mass is 19.1. The molecule has 3 aromatic carbocycles. The molecule has 8 amide bonds. The van der Waals surface area contributed by atoms with E-state index < -0.39 is 89.1 Å². The summed E-state index contributed by atoms with van der Waals surface area (Å²) in [6.45, 7) is 8.13. The van der Waals surface area contributed by atoms with Crippen LogP contribution >= 0.6 is 0 Å². The van der Waals surface area contributed by atoms with Gasteiger partial charge in [-0.25, -0.2) is 13.6 Å². The molecule has 0 radical (unpaired) electrons. The Balaban J connectivity index is 1.18. The Morgan fingerprint density at radius 3 is 2.22 bits per heavy atom. The van der Waals surface area contributed by atoms with Crippen molar-refractivity contribution in [3.63, 3.8) is 0 Å². The van der Waals surface area contributed by atoms with Crippen molar-refractivity contribution in [2.24, 2.45) is 28.7 Å². The predicted molar refractivity (Wildman–Crippen MR) is 265 cm³/mol. The van der Waals surface area contributed by atoms with Gasteiger partial charge in [-0.1, -0.05) is 58.0 Å². The van der Waals surface area contributed by atoms with Crippen molar-refractivity contribution in [3.05, 3.63) is 108 Å². The normalized spacial score (nSPS) is 15.3. The number of aliphatic hydroxyl groups excluding tert-OH is 1. The molecule has 1 aromatic heterocycles. The zero-order chi connectivity index (χ0) is 52.9. The number of carbonyl (C=O) groups is 8. The van der Waals surface area contributed by atoms with Crippen LogP contribution in [-0.4, -0.2) is 100 Å². The number of imide groups is 1. The molecule has 1 saturated heterocycles. The van der Waals surface area contributed by atoms with E-state index in [1.165, 1.54) is 36.1 Å². The van der Waals surface area contributed by atoms with E-state index in [0.717, 1.165) is 28.7 Å². The number of hydrogen-bond donors (Lipinski definition) is 7. The average molecular weight is 998 g/mol. The minimum atomic E-state index is -1.17. The summed E-state index contributed by atoms with van der Waals surface area (Å²) in [4.78, 5) is 105. The Hall–Kier alpha value is -7.32. The number of nitrogens with one attached hydrogen (secondary N) is 4. The van der Waals surface area contributed by atoms with Gasteiger partial charge in [0.15, 0.2) is 5.78 Å². The summed E-state index contributed by atoms with van der Waals surface area (Å²) in [5, 5.41) is 20.6. The van der Waals surface area contributed by atoms with Gasteiger partial charge < -0.3 is 47.3 Å². The first-order valence-electron chi connectivity index (χ1n) is 23.8. The Morgan fingerprint density at radius 1 is 0.903 bits per heavy atom. The van der Waals surface area contributed by atoms with Gasteiger partial charge in [-0.05, 0) is 85.7 Å². The summed E-state index contributed by atoms with van der Waals surface area (Å²) in [5.41, 5.74) is 13.4. The molecule has 0 spiro atoms. The lowest BCUT2D eigenvalue weighted by atomic mass is 9.82. The fourth-order valence-corrected chi connectivity index (χ4v) is 8.63. The molecular formula is C52H65F2N9O9. The zero-order valence-corrected chi connectivity index (χ0v) is 41.2. The third-order valence-corrected chi connectivity index (χ3v) is 12.4. The van der Waals surface area contributed by atoms with E-state index in [2.05, 4.69) is 21.3 Å². The van der Waals surface area contributed by atoms with Crippen molar-refractivity contribution in [3.8, 4) is 11.1 Å². The minimum Gasteiger partial charge on any atom is -0.387 e. The standard InChI is InChI=1S/C52H65F2N9O9/c1-31-24-45(67)63(50(31)71)38-16-14-37(15-17-38)60-48(69)34(12-9-21-58-51(56)72)26-43(65)32(2)59-44(66)19-22-57-49(70)41(55)20-23-62(46(68)30-64)47(52(3,4)5)42-25-35(39-27-36(53)13-18-40(39)54)29-61(42)28-33-10-7-6-8-11-33/h6-8,10-11,13-18,25,27,29,31-32,34,41,47,64H,9,12,19-24,26,28,30,55H2,1-5H3,(H,57,70)(H,59,66)(H,60,69)(H3,56,58,72)/t31?,32-,34+,41-,47-/m0/s1. The number of carbonyl (C=O) groups excluding carboxylic acids is 8. The highest BCUT2D eigenvalue weighted by Gasteiger charge is 2.38. The van der Waals surface area contributed by atoms with Gasteiger partial charge in [-0.15, -0.1) is 0 Å². The lowest BCUT2D eigenvalue weighted by molar-refractivity contribution is -0.140. The van der Waals surface area contributed by atoms with Gasteiger partial charge in [0.1, 0.15) is 18.2 Å². The van der Waals surface area contributed by atoms with Crippen molar-refractivity contribution in [1.82, 2.24) is 25.4 Å². The van der Waals surface area contributed by atoms with E-state index in [0.29, 0.717) is 35.6 Å². The monoisotopic (exact) mass is 997 g/mol. The van der Waals surface area contributed by atoms with E-state index in [4.69, 9.17) is 11.5 Å². The number of nitrogens with two attached hydrogens (primary N) is 2. The highest BCUT2D eigenvalue weighted by Crippen LogP contribution is 2.41. The Kier molecular flexibility index (Phi) is 19.4. The van der Waals surface area contributed by atoms with Crippen LogP contribution in [0.3, 0.4) is 0 Å². The Labute approximate surface area is 417 Å². The number of urea groups is 1. The van der Waals surface area contributed by atoms with E-state index in [1.807, 2.05) is 55.7 Å². The highest BCUT2D eigenvalue weighted by molar-refractivity contribution is 6.20. The van der Waals surface area contributed by atoms with Gasteiger partial charge in [0.25, 0.3) is 0 Å². The molecule has 5 atom stereocenters. The second-order valence-electron chi connectivity index (χ2n) is 19.1. The number of rotatable bonds is 24. The predicted octanol–water partition coefficient (Wildman–Crippen LogP) is 4.68. The molecular weight excluding hydrogens is 933 g/mol. The molecule has 18 nitrogen and oxygen atoms in total. The number of aromatic nitrogens is 1. The fourth-order valence-electron chi connectivity index (χ4n) is 8.63. The second-order valence-corrected chi connectivity index (χ2v) is 19.1. The topological polar surface area (TPSA) is 268 Å². The van der Waals surface area contributed by atoms with Gasteiger partial charge in [-0.2, -0.15) is 0 Å². The number of aliphatic hydroxyl groups is 1. The first-order chi connectivity index (χ1) is 34.1. The third-order valence-electron chi connectivity index (χ3n) is 12.4. The third kappa shape index (κ3) is 15.1. The van der Waals surface area contributed by atoms with Crippen molar-refractivity contribution >= 4 is 58.6 Å². The number of nitrogens with zero attached hydrogens (tertiary/aromatic N) is 3. The first kappa shape index (κ1) is 55.6. The maximum atomic E-state index is 15.2. The molecule has 4 aromatic rings. The fraction of sp³-hybridized carbons (Fsp3) is 0.423. The van der Waals surface area contributed by atoms with Crippen molar-refractivity contribution in [2.75, 3.05) is 36.5 Å². The van der Waals surface area contributed by atoms with Crippen LogP contribution < -0.4 is 37.6 Å². The van der Waals surface area contributed by atoms with Crippen molar-refractivity contribution < 1.29 is 52.2 Å². The van der Waals surface area contributed by atoms with Gasteiger partial charge in [0.05, 0.1) is 23.8 Å². The van der Waals surface area contributed by atoms with Crippen LogP contribution in [0.1, 0.15) is 90.4 Å². The lowest BCUT2D eigenvalue weighted by Gasteiger charge is -2.41. The number of amides is 8. The maximum absolute atomic E-state index is 15.2. The maximum Gasteiger partial charge on any atom is 0.312 e. The van der Waals surface area contributed by atoms with Crippen LogP contribution in [0.2, 0.25) is 0 Å². The summed E-state index contributed by atoms with van der Waals surface area (Å²) < 4.78 is 31.4. The molecule has 72 heavy (non-hydrogen) atoms. The van der Waals surface area contributed by atoms with Crippen LogP contribution in [0, 0.1) is 28.9 Å². The van der Waals surface area contributed by atoms with Crippen LogP contribution in [0.25, 0.3) is 11.1 Å². The SMILES string of the molecule is CC1CC(=O)N(c2ccc(NC(=O)[C@H](CCCNC(N)=O)CC(=O)[C@H](C)NC(=O)CCNC(=O)[C@@H](N)CCN(C(=O)CO)[C@@H](c3cc(-c4cc(F)ccc4F)cn3Cc3ccccc3)C(C)(C)C)cc2)C1=O. The summed E-state index contributed by atoms with van der Waals surface area (Å²) in [7, 11) is 0. The molecule has 2 heterocycles. The number of benzene rings is 3. The van der Waals surface area contributed by atoms with E-state index >= 15 is 4.39 Å². The van der Waals surface area contributed by atoms with E-state index in [9.17, 15) is 47.9 Å². The molecule has 0 bridgehead atoms. The van der Waals surface area contributed by atoms with Crippen LogP contribution in [0.5, 0.6) is 0 Å². The lowest BCUT2D eigenvalue weighted by Crippen LogP contribution is -2.48. The average Bonchev–Trinajstić information content (AvgIpc) is 3.85. The van der Waals surface area contributed by atoms with E-state index in [-0.39, 0.29) is 69.1 Å². The Bertz CT molecular complexity index is 2600. The summed E-state index contributed by atoms with van der Waals surface area (Å²) in [6.07, 6.45) is 1.67. The molecule has 1 aliphatic heterocycles. The van der Waals surface area contributed by atoms with Gasteiger partial charge in [0.2, 0.25) is 35.4 Å². The van der Waals surface area contributed by atoms with E-state index in [1.54, 1.807) is 19.2 Å². The summed E-state index contributed by atoms with van der Waals surface area (Å²) in [6, 6.07) is 16.7. The minimum absolute atomic E-state index is 0.0233. The van der Waals surface area contributed by atoms with Crippen LogP contribution in [0.4, 0.5) is 25.0 Å². The second kappa shape index (κ2) is 25.2. The quantitative estimate of drug-likeness (QED) is 0.0376. The molecule has 5 rings (SSSR count). The molecule has 0 saturated carbocycles. The zero-order valence-electron chi connectivity index (χ0n) is 41.2. The molecule has 1 aliphatic rings. The Morgan fingerprint density at radius 2 is 1.60 bits per heavy atom. The molecule has 1 fully saturated rings. The van der Waals surface area contributed by atoms with Gasteiger partial charge in [-0.3, -0.25) is 38.5 Å². The summed E-state index contributed by atoms with van der Waals surface area (Å²) in [5.74, 6) is -6.09. The van der Waals surface area contributed by atoms with Gasteiger partial charge in [0, 0.05) is 86.0 Å². The number of halogens is 2. The number of hydrogen-bond acceptors (Lipinski definition) is 10. The number of primary amides is 1.